The molecule has 3 nitrogen and oxygen atoms in total. The van der Waals surface area contributed by atoms with Crippen molar-refractivity contribution in [3.8, 4) is 5.75 Å². The Morgan fingerprint density at radius 2 is 2.10 bits per heavy atom. The SMILES string of the molecule is Nc1ccc(Cl)cc1S(=O)CCc1ccc2c(c1)CCO2. The summed E-state index contributed by atoms with van der Waals surface area (Å²) in [5.41, 5.74) is 8.80. The zero-order chi connectivity index (χ0) is 14.8. The Balaban J connectivity index is 1.70. The summed E-state index contributed by atoms with van der Waals surface area (Å²) in [7, 11) is -1.14. The molecule has 0 spiro atoms. The van der Waals surface area contributed by atoms with Crippen molar-refractivity contribution in [1.29, 1.82) is 0 Å². The minimum absolute atomic E-state index is 0.528. The van der Waals surface area contributed by atoms with E-state index in [-0.39, 0.29) is 0 Å². The van der Waals surface area contributed by atoms with Crippen LogP contribution in [0.5, 0.6) is 5.75 Å². The van der Waals surface area contributed by atoms with E-state index in [1.54, 1.807) is 18.2 Å². The molecule has 5 heteroatoms. The van der Waals surface area contributed by atoms with Crippen molar-refractivity contribution in [2.45, 2.75) is 17.7 Å². The molecule has 3 rings (SSSR count). The van der Waals surface area contributed by atoms with Crippen LogP contribution in [0.1, 0.15) is 11.1 Å². The van der Waals surface area contributed by atoms with Gasteiger partial charge in [-0.15, -0.1) is 0 Å². The third-order valence-electron chi connectivity index (χ3n) is 3.55. The van der Waals surface area contributed by atoms with E-state index in [2.05, 4.69) is 6.07 Å². The molecule has 1 aliphatic rings. The second kappa shape index (κ2) is 6.08. The van der Waals surface area contributed by atoms with Crippen LogP contribution in [-0.2, 0) is 23.6 Å². The molecule has 0 saturated carbocycles. The first-order valence-electron chi connectivity index (χ1n) is 6.81. The normalized spacial score (nSPS) is 14.5. The quantitative estimate of drug-likeness (QED) is 0.880. The number of benzene rings is 2. The highest BCUT2D eigenvalue weighted by atomic mass is 35.5. The number of hydrogen-bond donors (Lipinski definition) is 1. The number of nitrogen functional groups attached to an aromatic ring is 1. The van der Waals surface area contributed by atoms with Gasteiger partial charge in [-0.2, -0.15) is 0 Å². The van der Waals surface area contributed by atoms with Crippen molar-refractivity contribution in [3.05, 3.63) is 52.5 Å². The minimum atomic E-state index is -1.14. The fourth-order valence-corrected chi connectivity index (χ4v) is 3.89. The maximum absolute atomic E-state index is 12.4. The molecule has 1 heterocycles. The van der Waals surface area contributed by atoms with Crippen LogP contribution in [0.4, 0.5) is 5.69 Å². The number of nitrogens with two attached hydrogens (primary N) is 1. The number of fused-ring (bicyclic) bond motifs is 1. The van der Waals surface area contributed by atoms with Gasteiger partial charge >= 0.3 is 0 Å². The van der Waals surface area contributed by atoms with Crippen LogP contribution in [0, 0.1) is 0 Å². The molecule has 0 aliphatic carbocycles. The average molecular weight is 322 g/mol. The molecular formula is C16H16ClNO2S. The monoisotopic (exact) mass is 321 g/mol. The molecule has 2 aromatic rings. The Labute approximate surface area is 131 Å². The van der Waals surface area contributed by atoms with Crippen molar-refractivity contribution in [2.24, 2.45) is 0 Å². The largest absolute Gasteiger partial charge is 0.493 e. The van der Waals surface area contributed by atoms with Crippen LogP contribution in [0.15, 0.2) is 41.3 Å². The number of ether oxygens (including phenoxy) is 1. The van der Waals surface area contributed by atoms with E-state index in [1.165, 1.54) is 11.1 Å². The highest BCUT2D eigenvalue weighted by molar-refractivity contribution is 7.85. The smallest absolute Gasteiger partial charge is 0.122 e. The van der Waals surface area contributed by atoms with Gasteiger partial charge in [0, 0.05) is 22.9 Å². The van der Waals surface area contributed by atoms with E-state index in [1.807, 2.05) is 12.1 Å². The molecule has 0 amide bonds. The molecule has 0 bridgehead atoms. The van der Waals surface area contributed by atoms with Gasteiger partial charge in [0.1, 0.15) is 5.75 Å². The molecule has 0 saturated heterocycles. The summed E-state index contributed by atoms with van der Waals surface area (Å²) in [6, 6.07) is 11.3. The van der Waals surface area contributed by atoms with Crippen molar-refractivity contribution < 1.29 is 8.95 Å². The highest BCUT2D eigenvalue weighted by Gasteiger charge is 2.13. The first-order valence-corrected chi connectivity index (χ1v) is 8.51. The summed E-state index contributed by atoms with van der Waals surface area (Å²) >= 11 is 5.94. The van der Waals surface area contributed by atoms with Gasteiger partial charge in [-0.25, -0.2) is 0 Å². The molecule has 1 atom stereocenters. The summed E-state index contributed by atoms with van der Waals surface area (Å²) in [5.74, 6) is 1.50. The van der Waals surface area contributed by atoms with Crippen molar-refractivity contribution in [1.82, 2.24) is 0 Å². The predicted octanol–water partition coefficient (Wildman–Crippen LogP) is 3.21. The average Bonchev–Trinajstić information content (AvgIpc) is 2.94. The van der Waals surface area contributed by atoms with Crippen LogP contribution < -0.4 is 10.5 Å². The topological polar surface area (TPSA) is 52.3 Å². The molecule has 0 fully saturated rings. The van der Waals surface area contributed by atoms with Gasteiger partial charge < -0.3 is 10.5 Å². The summed E-state index contributed by atoms with van der Waals surface area (Å²) in [5, 5.41) is 0.558. The van der Waals surface area contributed by atoms with E-state index >= 15 is 0 Å². The molecule has 21 heavy (non-hydrogen) atoms. The predicted molar refractivity (Wildman–Crippen MR) is 86.5 cm³/mol. The van der Waals surface area contributed by atoms with Gasteiger partial charge in [-0.05, 0) is 41.8 Å². The first kappa shape index (κ1) is 14.4. The number of aryl methyl sites for hydroxylation is 1. The third-order valence-corrected chi connectivity index (χ3v) is 5.21. The maximum atomic E-state index is 12.4. The Morgan fingerprint density at radius 1 is 1.24 bits per heavy atom. The van der Waals surface area contributed by atoms with Crippen molar-refractivity contribution in [2.75, 3.05) is 18.1 Å². The summed E-state index contributed by atoms with van der Waals surface area (Å²) < 4.78 is 17.9. The van der Waals surface area contributed by atoms with E-state index in [0.29, 0.717) is 21.4 Å². The van der Waals surface area contributed by atoms with Gasteiger partial charge in [0.15, 0.2) is 0 Å². The maximum Gasteiger partial charge on any atom is 0.122 e. The molecule has 2 N–H and O–H groups in total. The molecule has 1 aliphatic heterocycles. The number of halogens is 1. The van der Waals surface area contributed by atoms with Gasteiger partial charge in [0.25, 0.3) is 0 Å². The Kier molecular flexibility index (Phi) is 4.17. The van der Waals surface area contributed by atoms with Gasteiger partial charge in [0.05, 0.1) is 22.3 Å². The third kappa shape index (κ3) is 3.22. The zero-order valence-corrected chi connectivity index (χ0v) is 13.0. The fourth-order valence-electron chi connectivity index (χ4n) is 2.42. The first-order chi connectivity index (χ1) is 10.1. The lowest BCUT2D eigenvalue weighted by Crippen LogP contribution is -2.05. The van der Waals surface area contributed by atoms with Gasteiger partial charge in [-0.3, -0.25) is 4.21 Å². The van der Waals surface area contributed by atoms with Crippen molar-refractivity contribution in [3.63, 3.8) is 0 Å². The fraction of sp³-hybridized carbons (Fsp3) is 0.250. The molecule has 110 valence electrons. The molecule has 0 aromatic heterocycles. The lowest BCUT2D eigenvalue weighted by Gasteiger charge is -2.07. The zero-order valence-electron chi connectivity index (χ0n) is 11.5. The molecule has 2 aromatic carbocycles. The standard InChI is InChI=1S/C16H16ClNO2S/c17-13-2-3-14(18)16(10-13)21(19)8-6-11-1-4-15-12(9-11)5-7-20-15/h1-4,9-10H,5-8,18H2. The van der Waals surface area contributed by atoms with Crippen LogP contribution in [-0.4, -0.2) is 16.6 Å². The Morgan fingerprint density at radius 3 is 2.95 bits per heavy atom. The highest BCUT2D eigenvalue weighted by Crippen LogP contribution is 2.27. The van der Waals surface area contributed by atoms with Crippen LogP contribution in [0.25, 0.3) is 0 Å². The Hall–Kier alpha value is -1.52. The lowest BCUT2D eigenvalue weighted by atomic mass is 10.1. The number of anilines is 1. The second-order valence-corrected chi connectivity index (χ2v) is 7.00. The summed E-state index contributed by atoms with van der Waals surface area (Å²) in [6.07, 6.45) is 1.69. The minimum Gasteiger partial charge on any atom is -0.493 e. The van der Waals surface area contributed by atoms with E-state index < -0.39 is 10.8 Å². The van der Waals surface area contributed by atoms with E-state index in [9.17, 15) is 4.21 Å². The van der Waals surface area contributed by atoms with Crippen molar-refractivity contribution >= 4 is 28.1 Å². The summed E-state index contributed by atoms with van der Waals surface area (Å²) in [6.45, 7) is 0.754. The number of hydrogen-bond acceptors (Lipinski definition) is 3. The second-order valence-electron chi connectivity index (χ2n) is 5.02. The van der Waals surface area contributed by atoms with Crippen LogP contribution >= 0.6 is 11.6 Å². The molecule has 0 radical (unpaired) electrons. The number of rotatable bonds is 4. The van der Waals surface area contributed by atoms with Crippen LogP contribution in [0.3, 0.4) is 0 Å². The lowest BCUT2D eigenvalue weighted by molar-refractivity contribution is 0.357. The molecular weight excluding hydrogens is 306 g/mol. The van der Waals surface area contributed by atoms with Crippen LogP contribution in [0.2, 0.25) is 5.02 Å². The van der Waals surface area contributed by atoms with Gasteiger partial charge in [0.2, 0.25) is 0 Å². The Bertz CT molecular complexity index is 703. The van der Waals surface area contributed by atoms with Gasteiger partial charge in [-0.1, -0.05) is 23.7 Å². The summed E-state index contributed by atoms with van der Waals surface area (Å²) in [4.78, 5) is 0.618. The molecule has 1 unspecified atom stereocenters. The van der Waals surface area contributed by atoms with E-state index in [0.717, 1.165) is 25.2 Å². The van der Waals surface area contributed by atoms with E-state index in [4.69, 9.17) is 22.1 Å².